The minimum atomic E-state index is -0.303. The Kier molecular flexibility index (Phi) is 6.95. The molecule has 1 aromatic heterocycles. The van der Waals surface area contributed by atoms with Gasteiger partial charge in [0.1, 0.15) is 18.2 Å². The summed E-state index contributed by atoms with van der Waals surface area (Å²) in [6.45, 7) is 6.48. The highest BCUT2D eigenvalue weighted by Gasteiger charge is 2.08. The number of nitrogens with zero attached hydrogens (tertiary/aromatic N) is 2. The van der Waals surface area contributed by atoms with Crippen molar-refractivity contribution in [2.24, 2.45) is 0 Å². The molecule has 0 bridgehead atoms. The maximum Gasteiger partial charge on any atom is 0.258 e. The molecule has 30 heavy (non-hydrogen) atoms. The van der Waals surface area contributed by atoms with Gasteiger partial charge in [-0.05, 0) is 73.9 Å². The van der Waals surface area contributed by atoms with E-state index in [2.05, 4.69) is 21.6 Å². The Morgan fingerprint density at radius 1 is 1.00 bits per heavy atom. The first-order valence-electron chi connectivity index (χ1n) is 9.62. The molecule has 0 aliphatic carbocycles. The number of nitrogens with one attached hydrogen (secondary N) is 1. The van der Waals surface area contributed by atoms with Gasteiger partial charge in [0.15, 0.2) is 6.61 Å². The van der Waals surface area contributed by atoms with E-state index in [-0.39, 0.29) is 24.9 Å². The number of amides is 1. The molecule has 0 unspecified atom stereocenters. The standard InChI is InChI=1S/C23H24FN3O3/c1-15-12-16(2)17(3)21(13-15)30-14-22(28)25-10-11-29-23-9-8-20(26-27-23)18-4-6-19(24)7-5-18/h4-9,12-13H,10-11,14H2,1-3H3,(H,25,28). The lowest BCUT2D eigenvalue weighted by molar-refractivity contribution is -0.123. The zero-order valence-corrected chi connectivity index (χ0v) is 17.2. The van der Waals surface area contributed by atoms with Gasteiger partial charge in [-0.1, -0.05) is 6.07 Å². The molecule has 0 aliphatic heterocycles. The molecule has 6 nitrogen and oxygen atoms in total. The molecule has 2 aromatic carbocycles. The minimum absolute atomic E-state index is 0.0596. The molecule has 0 saturated heterocycles. The molecule has 1 amide bonds. The highest BCUT2D eigenvalue weighted by molar-refractivity contribution is 5.77. The van der Waals surface area contributed by atoms with Crippen LogP contribution in [0.2, 0.25) is 0 Å². The smallest absolute Gasteiger partial charge is 0.258 e. The quantitative estimate of drug-likeness (QED) is 0.573. The number of ether oxygens (including phenoxy) is 2. The van der Waals surface area contributed by atoms with Gasteiger partial charge < -0.3 is 14.8 Å². The number of carbonyl (C=O) groups is 1. The number of rotatable bonds is 8. The Labute approximate surface area is 175 Å². The van der Waals surface area contributed by atoms with Gasteiger partial charge >= 0.3 is 0 Å². The van der Waals surface area contributed by atoms with Crippen molar-refractivity contribution in [3.05, 3.63) is 71.0 Å². The summed E-state index contributed by atoms with van der Waals surface area (Å²) in [6, 6.07) is 13.4. The predicted molar refractivity (Wildman–Crippen MR) is 112 cm³/mol. The number of benzene rings is 2. The number of hydrogen-bond acceptors (Lipinski definition) is 5. The van der Waals surface area contributed by atoms with Crippen LogP contribution in [-0.2, 0) is 4.79 Å². The SMILES string of the molecule is Cc1cc(C)c(C)c(OCC(=O)NCCOc2ccc(-c3ccc(F)cc3)nn2)c1. The molecule has 3 rings (SSSR count). The van der Waals surface area contributed by atoms with E-state index in [0.717, 1.165) is 28.0 Å². The van der Waals surface area contributed by atoms with Gasteiger partial charge in [-0.3, -0.25) is 4.79 Å². The zero-order chi connectivity index (χ0) is 21.5. The fourth-order valence-corrected chi connectivity index (χ4v) is 2.86. The highest BCUT2D eigenvalue weighted by atomic mass is 19.1. The molecule has 0 aliphatic rings. The topological polar surface area (TPSA) is 73.3 Å². The van der Waals surface area contributed by atoms with Crippen LogP contribution in [0.4, 0.5) is 4.39 Å². The van der Waals surface area contributed by atoms with Crippen LogP contribution in [0.1, 0.15) is 16.7 Å². The first kappa shape index (κ1) is 21.2. The first-order valence-corrected chi connectivity index (χ1v) is 9.62. The first-order chi connectivity index (χ1) is 14.4. The molecule has 1 N–H and O–H groups in total. The lowest BCUT2D eigenvalue weighted by Gasteiger charge is -2.12. The van der Waals surface area contributed by atoms with E-state index >= 15 is 0 Å². The van der Waals surface area contributed by atoms with Crippen molar-refractivity contribution < 1.29 is 18.7 Å². The summed E-state index contributed by atoms with van der Waals surface area (Å²) in [4.78, 5) is 12.0. The van der Waals surface area contributed by atoms with Gasteiger partial charge in [-0.15, -0.1) is 10.2 Å². The monoisotopic (exact) mass is 409 g/mol. The molecule has 7 heteroatoms. The van der Waals surface area contributed by atoms with Crippen molar-refractivity contribution in [3.8, 4) is 22.9 Å². The minimum Gasteiger partial charge on any atom is -0.483 e. The maximum atomic E-state index is 13.0. The lowest BCUT2D eigenvalue weighted by atomic mass is 10.1. The van der Waals surface area contributed by atoms with Crippen molar-refractivity contribution in [2.45, 2.75) is 20.8 Å². The Morgan fingerprint density at radius 2 is 1.77 bits per heavy atom. The normalized spacial score (nSPS) is 10.5. The van der Waals surface area contributed by atoms with E-state index in [4.69, 9.17) is 9.47 Å². The molecule has 1 heterocycles. The van der Waals surface area contributed by atoms with Crippen LogP contribution in [0.3, 0.4) is 0 Å². The van der Waals surface area contributed by atoms with Crippen LogP contribution >= 0.6 is 0 Å². The summed E-state index contributed by atoms with van der Waals surface area (Å²) in [5, 5.41) is 10.8. The third-order valence-electron chi connectivity index (χ3n) is 4.58. The van der Waals surface area contributed by atoms with E-state index in [1.165, 1.54) is 12.1 Å². The number of hydrogen-bond donors (Lipinski definition) is 1. The Bertz CT molecular complexity index is 1010. The van der Waals surface area contributed by atoms with E-state index in [1.807, 2.05) is 26.8 Å². The molecule has 0 atom stereocenters. The third-order valence-corrected chi connectivity index (χ3v) is 4.58. The second kappa shape index (κ2) is 9.82. The number of halogens is 1. The van der Waals surface area contributed by atoms with Gasteiger partial charge in [-0.2, -0.15) is 0 Å². The number of aromatic nitrogens is 2. The van der Waals surface area contributed by atoms with Crippen molar-refractivity contribution in [3.63, 3.8) is 0 Å². The fraction of sp³-hybridized carbons (Fsp3) is 0.261. The zero-order valence-electron chi connectivity index (χ0n) is 17.2. The van der Waals surface area contributed by atoms with Crippen LogP contribution in [0.25, 0.3) is 11.3 Å². The van der Waals surface area contributed by atoms with E-state index < -0.39 is 0 Å². The van der Waals surface area contributed by atoms with E-state index in [1.54, 1.807) is 24.3 Å². The van der Waals surface area contributed by atoms with Crippen molar-refractivity contribution in [1.82, 2.24) is 15.5 Å². The van der Waals surface area contributed by atoms with Crippen molar-refractivity contribution in [2.75, 3.05) is 19.8 Å². The van der Waals surface area contributed by atoms with Gasteiger partial charge in [0, 0.05) is 11.6 Å². The van der Waals surface area contributed by atoms with Gasteiger partial charge in [-0.25, -0.2) is 4.39 Å². The molecular formula is C23H24FN3O3. The summed E-state index contributed by atoms with van der Waals surface area (Å²) >= 11 is 0. The molecule has 156 valence electrons. The van der Waals surface area contributed by atoms with Crippen LogP contribution in [0.5, 0.6) is 11.6 Å². The molecule has 0 fully saturated rings. The predicted octanol–water partition coefficient (Wildman–Crippen LogP) is 3.78. The van der Waals surface area contributed by atoms with Crippen LogP contribution in [0, 0.1) is 26.6 Å². The van der Waals surface area contributed by atoms with Gasteiger partial charge in [0.2, 0.25) is 5.88 Å². The van der Waals surface area contributed by atoms with E-state index in [9.17, 15) is 9.18 Å². The van der Waals surface area contributed by atoms with Crippen LogP contribution in [-0.4, -0.2) is 35.9 Å². The number of carbonyl (C=O) groups excluding carboxylic acids is 1. The highest BCUT2D eigenvalue weighted by Crippen LogP contribution is 2.23. The van der Waals surface area contributed by atoms with Gasteiger partial charge in [0.25, 0.3) is 5.91 Å². The molecule has 0 saturated carbocycles. The maximum absolute atomic E-state index is 13.0. The Hall–Kier alpha value is -3.48. The molecular weight excluding hydrogens is 385 g/mol. The lowest BCUT2D eigenvalue weighted by Crippen LogP contribution is -2.32. The summed E-state index contributed by atoms with van der Waals surface area (Å²) in [5.41, 5.74) is 4.63. The average Bonchev–Trinajstić information content (AvgIpc) is 2.74. The van der Waals surface area contributed by atoms with Crippen molar-refractivity contribution >= 4 is 5.91 Å². The Morgan fingerprint density at radius 3 is 2.47 bits per heavy atom. The number of aryl methyl sites for hydroxylation is 2. The summed E-state index contributed by atoms with van der Waals surface area (Å²) in [5.74, 6) is 0.533. The van der Waals surface area contributed by atoms with E-state index in [0.29, 0.717) is 18.1 Å². The van der Waals surface area contributed by atoms with Gasteiger partial charge in [0.05, 0.1) is 12.2 Å². The van der Waals surface area contributed by atoms with Crippen LogP contribution < -0.4 is 14.8 Å². The summed E-state index contributed by atoms with van der Waals surface area (Å²) in [7, 11) is 0. The summed E-state index contributed by atoms with van der Waals surface area (Å²) in [6.07, 6.45) is 0. The molecule has 3 aromatic rings. The Balaban J connectivity index is 1.40. The third kappa shape index (κ3) is 5.76. The molecule has 0 spiro atoms. The summed E-state index contributed by atoms with van der Waals surface area (Å²) < 4.78 is 24.1. The average molecular weight is 409 g/mol. The second-order valence-corrected chi connectivity index (χ2v) is 6.96. The van der Waals surface area contributed by atoms with Crippen LogP contribution in [0.15, 0.2) is 48.5 Å². The largest absolute Gasteiger partial charge is 0.483 e. The fourth-order valence-electron chi connectivity index (χ4n) is 2.86. The van der Waals surface area contributed by atoms with Crippen molar-refractivity contribution in [1.29, 1.82) is 0 Å². The second-order valence-electron chi connectivity index (χ2n) is 6.96. The molecule has 0 radical (unpaired) electrons.